The molecule has 1 unspecified atom stereocenters. The second kappa shape index (κ2) is 6.44. The molecule has 1 N–H and O–H groups in total. The number of anilines is 1. The second-order valence-electron chi connectivity index (χ2n) is 6.41. The Balaban J connectivity index is 1.85. The van der Waals surface area contributed by atoms with Crippen LogP contribution >= 0.6 is 11.3 Å². The first-order chi connectivity index (χ1) is 12.1. The molecule has 3 heterocycles. The Morgan fingerprint density at radius 1 is 1.28 bits per heavy atom. The van der Waals surface area contributed by atoms with Crippen LogP contribution in [0.4, 0.5) is 5.82 Å². The van der Waals surface area contributed by atoms with Gasteiger partial charge >= 0.3 is 5.97 Å². The molecule has 1 aromatic carbocycles. The van der Waals surface area contributed by atoms with Crippen molar-refractivity contribution in [2.75, 3.05) is 18.0 Å². The number of carboxylic acids is 1. The molecule has 1 saturated heterocycles. The minimum atomic E-state index is -0.722. The van der Waals surface area contributed by atoms with E-state index in [0.717, 1.165) is 52.4 Å². The van der Waals surface area contributed by atoms with E-state index in [2.05, 4.69) is 27.4 Å². The summed E-state index contributed by atoms with van der Waals surface area (Å²) < 4.78 is 0. The van der Waals surface area contributed by atoms with E-state index in [4.69, 9.17) is 4.98 Å². The number of benzene rings is 1. The maximum Gasteiger partial charge on any atom is 0.308 e. The molecular weight excluding hydrogens is 334 g/mol. The van der Waals surface area contributed by atoms with Gasteiger partial charge in [0.15, 0.2) is 0 Å². The Bertz CT molecular complexity index is 923. The van der Waals surface area contributed by atoms with Gasteiger partial charge in [0.2, 0.25) is 0 Å². The van der Waals surface area contributed by atoms with Gasteiger partial charge in [0.05, 0.1) is 11.3 Å². The first kappa shape index (κ1) is 16.0. The van der Waals surface area contributed by atoms with E-state index in [1.54, 1.807) is 11.3 Å². The molecule has 0 aliphatic carbocycles. The summed E-state index contributed by atoms with van der Waals surface area (Å²) in [7, 11) is 0. The van der Waals surface area contributed by atoms with Gasteiger partial charge in [0.25, 0.3) is 0 Å². The van der Waals surface area contributed by atoms with Gasteiger partial charge in [-0.15, -0.1) is 11.3 Å². The number of hydrogen-bond acceptors (Lipinski definition) is 5. The highest BCUT2D eigenvalue weighted by Crippen LogP contribution is 2.39. The standard InChI is InChI=1S/C19H19N3O2S/c1-12-20-17(22-9-5-8-14(10-22)19(23)24)16-15(11-25-18(16)21-12)13-6-3-2-4-7-13/h2-4,6-7,11,14H,5,8-10H2,1H3,(H,23,24). The van der Waals surface area contributed by atoms with Crippen LogP contribution in [0.25, 0.3) is 21.3 Å². The zero-order valence-electron chi connectivity index (χ0n) is 14.0. The molecule has 2 aromatic heterocycles. The first-order valence-electron chi connectivity index (χ1n) is 8.42. The molecule has 1 aliphatic heterocycles. The molecule has 1 atom stereocenters. The Morgan fingerprint density at radius 2 is 2.08 bits per heavy atom. The minimum Gasteiger partial charge on any atom is -0.481 e. The van der Waals surface area contributed by atoms with Crippen molar-refractivity contribution in [1.29, 1.82) is 0 Å². The fraction of sp³-hybridized carbons (Fsp3) is 0.316. The molecule has 1 fully saturated rings. The normalized spacial score (nSPS) is 17.8. The number of fused-ring (bicyclic) bond motifs is 1. The van der Waals surface area contributed by atoms with Crippen LogP contribution in [-0.4, -0.2) is 34.1 Å². The number of carboxylic acid groups (broad SMARTS) is 1. The van der Waals surface area contributed by atoms with Crippen LogP contribution in [0, 0.1) is 12.8 Å². The molecule has 25 heavy (non-hydrogen) atoms. The third kappa shape index (κ3) is 2.98. The van der Waals surface area contributed by atoms with Crippen molar-refractivity contribution in [2.24, 2.45) is 5.92 Å². The van der Waals surface area contributed by atoms with Gasteiger partial charge in [-0.3, -0.25) is 4.79 Å². The molecule has 3 aromatic rings. The zero-order chi connectivity index (χ0) is 17.4. The lowest BCUT2D eigenvalue weighted by molar-refractivity contribution is -0.141. The van der Waals surface area contributed by atoms with Crippen molar-refractivity contribution in [3.63, 3.8) is 0 Å². The van der Waals surface area contributed by atoms with E-state index in [0.29, 0.717) is 6.54 Å². The lowest BCUT2D eigenvalue weighted by Crippen LogP contribution is -2.39. The average molecular weight is 353 g/mol. The monoisotopic (exact) mass is 353 g/mol. The topological polar surface area (TPSA) is 66.3 Å². The van der Waals surface area contributed by atoms with Gasteiger partial charge in [-0.1, -0.05) is 30.3 Å². The van der Waals surface area contributed by atoms with E-state index in [1.165, 1.54) is 0 Å². The van der Waals surface area contributed by atoms with Crippen LogP contribution in [0.2, 0.25) is 0 Å². The highest BCUT2D eigenvalue weighted by atomic mass is 32.1. The van der Waals surface area contributed by atoms with Gasteiger partial charge in [-0.2, -0.15) is 0 Å². The Morgan fingerprint density at radius 3 is 2.84 bits per heavy atom. The lowest BCUT2D eigenvalue weighted by atomic mass is 9.97. The fourth-order valence-corrected chi connectivity index (χ4v) is 4.44. The summed E-state index contributed by atoms with van der Waals surface area (Å²) in [6, 6.07) is 10.2. The van der Waals surface area contributed by atoms with Crippen LogP contribution in [0.3, 0.4) is 0 Å². The van der Waals surface area contributed by atoms with Crippen LogP contribution in [-0.2, 0) is 4.79 Å². The van der Waals surface area contributed by atoms with Gasteiger partial charge in [0, 0.05) is 24.0 Å². The summed E-state index contributed by atoms with van der Waals surface area (Å²) in [6.07, 6.45) is 1.60. The largest absolute Gasteiger partial charge is 0.481 e. The predicted octanol–water partition coefficient (Wildman–Crippen LogP) is 3.97. The van der Waals surface area contributed by atoms with Gasteiger partial charge < -0.3 is 10.0 Å². The Kier molecular flexibility index (Phi) is 4.13. The molecule has 0 saturated carbocycles. The highest BCUT2D eigenvalue weighted by Gasteiger charge is 2.28. The third-order valence-corrected chi connectivity index (χ3v) is 5.55. The van der Waals surface area contributed by atoms with Crippen molar-refractivity contribution in [3.8, 4) is 11.1 Å². The molecule has 0 spiro atoms. The number of thiophene rings is 1. The van der Waals surface area contributed by atoms with Gasteiger partial charge in [-0.25, -0.2) is 9.97 Å². The second-order valence-corrected chi connectivity index (χ2v) is 7.27. The molecule has 4 rings (SSSR count). The number of nitrogens with zero attached hydrogens (tertiary/aromatic N) is 3. The Hall–Kier alpha value is -2.47. The van der Waals surface area contributed by atoms with E-state index in [9.17, 15) is 9.90 Å². The number of piperidine rings is 1. The molecule has 6 heteroatoms. The molecular formula is C19H19N3O2S. The summed E-state index contributed by atoms with van der Waals surface area (Å²) in [4.78, 5) is 23.8. The van der Waals surface area contributed by atoms with Crippen molar-refractivity contribution in [1.82, 2.24) is 9.97 Å². The van der Waals surface area contributed by atoms with E-state index in [1.807, 2.05) is 25.1 Å². The summed E-state index contributed by atoms with van der Waals surface area (Å²) in [6.45, 7) is 3.23. The van der Waals surface area contributed by atoms with E-state index in [-0.39, 0.29) is 5.92 Å². The smallest absolute Gasteiger partial charge is 0.308 e. The van der Waals surface area contributed by atoms with Gasteiger partial charge in [0.1, 0.15) is 16.5 Å². The SMILES string of the molecule is Cc1nc(N2CCCC(C(=O)O)C2)c2c(-c3ccccc3)csc2n1. The Labute approximate surface area is 150 Å². The lowest BCUT2D eigenvalue weighted by Gasteiger charge is -2.32. The number of aliphatic carboxylic acids is 1. The van der Waals surface area contributed by atoms with Crippen LogP contribution in [0.1, 0.15) is 18.7 Å². The molecule has 128 valence electrons. The van der Waals surface area contributed by atoms with Crippen LogP contribution in [0.15, 0.2) is 35.7 Å². The van der Waals surface area contributed by atoms with Gasteiger partial charge in [-0.05, 0) is 25.3 Å². The third-order valence-electron chi connectivity index (χ3n) is 4.68. The van der Waals surface area contributed by atoms with Crippen LogP contribution in [0.5, 0.6) is 0 Å². The average Bonchev–Trinajstić information content (AvgIpc) is 3.05. The summed E-state index contributed by atoms with van der Waals surface area (Å²) in [5.41, 5.74) is 2.25. The number of carbonyl (C=O) groups is 1. The number of aryl methyl sites for hydroxylation is 1. The number of hydrogen-bond donors (Lipinski definition) is 1. The summed E-state index contributed by atoms with van der Waals surface area (Å²) >= 11 is 1.61. The predicted molar refractivity (Wildman–Crippen MR) is 100 cm³/mol. The van der Waals surface area contributed by atoms with Crippen molar-refractivity contribution in [2.45, 2.75) is 19.8 Å². The molecule has 5 nitrogen and oxygen atoms in total. The number of aromatic nitrogens is 2. The molecule has 0 amide bonds. The highest BCUT2D eigenvalue weighted by molar-refractivity contribution is 7.17. The first-order valence-corrected chi connectivity index (χ1v) is 9.30. The zero-order valence-corrected chi connectivity index (χ0v) is 14.8. The maximum atomic E-state index is 11.4. The fourth-order valence-electron chi connectivity index (χ4n) is 3.46. The molecule has 0 radical (unpaired) electrons. The van der Waals surface area contributed by atoms with E-state index < -0.39 is 5.97 Å². The van der Waals surface area contributed by atoms with Crippen LogP contribution < -0.4 is 4.90 Å². The van der Waals surface area contributed by atoms with Crippen molar-refractivity contribution in [3.05, 3.63) is 41.5 Å². The van der Waals surface area contributed by atoms with E-state index >= 15 is 0 Å². The minimum absolute atomic E-state index is 0.335. The maximum absolute atomic E-state index is 11.4. The quantitative estimate of drug-likeness (QED) is 0.772. The molecule has 0 bridgehead atoms. The van der Waals surface area contributed by atoms with Crippen molar-refractivity contribution < 1.29 is 9.90 Å². The van der Waals surface area contributed by atoms with Crippen molar-refractivity contribution >= 4 is 33.3 Å². The number of rotatable bonds is 3. The summed E-state index contributed by atoms with van der Waals surface area (Å²) in [5.74, 6) is 0.535. The molecule has 1 aliphatic rings. The summed E-state index contributed by atoms with van der Waals surface area (Å²) in [5, 5.41) is 12.6.